The highest BCUT2D eigenvalue weighted by atomic mass is 15.0. The van der Waals surface area contributed by atoms with Crippen LogP contribution in [0.3, 0.4) is 0 Å². The fraction of sp³-hybridized carbons (Fsp3) is 0.667. The van der Waals surface area contributed by atoms with Gasteiger partial charge in [-0.3, -0.25) is 0 Å². The molecule has 0 amide bonds. The van der Waals surface area contributed by atoms with E-state index in [0.29, 0.717) is 0 Å². The molecule has 1 aliphatic carbocycles. The zero-order valence-electron chi connectivity index (χ0n) is 8.88. The molecular formula is C12H19N. The monoisotopic (exact) mass is 177 g/mol. The van der Waals surface area contributed by atoms with Crippen molar-refractivity contribution in [2.24, 2.45) is 5.92 Å². The van der Waals surface area contributed by atoms with E-state index in [1.54, 1.807) is 0 Å². The Labute approximate surface area is 80.8 Å². The summed E-state index contributed by atoms with van der Waals surface area (Å²) >= 11 is 0. The zero-order valence-corrected chi connectivity index (χ0v) is 8.88. The van der Waals surface area contributed by atoms with Gasteiger partial charge in [-0.2, -0.15) is 0 Å². The van der Waals surface area contributed by atoms with Crippen LogP contribution in [0.4, 0.5) is 0 Å². The fourth-order valence-corrected chi connectivity index (χ4v) is 2.41. The van der Waals surface area contributed by atoms with E-state index in [1.807, 2.05) is 0 Å². The summed E-state index contributed by atoms with van der Waals surface area (Å²) in [5.41, 5.74) is 2.85. The van der Waals surface area contributed by atoms with Gasteiger partial charge in [-0.1, -0.05) is 6.92 Å². The van der Waals surface area contributed by atoms with Crippen LogP contribution in [0.2, 0.25) is 0 Å². The van der Waals surface area contributed by atoms with Crippen molar-refractivity contribution in [3.05, 3.63) is 23.5 Å². The SMILES string of the molecule is CCC(C1CC1)n1c(C)ccc1C. The molecule has 1 aromatic rings. The van der Waals surface area contributed by atoms with Gasteiger partial charge in [-0.15, -0.1) is 0 Å². The molecule has 1 saturated carbocycles. The fourth-order valence-electron chi connectivity index (χ4n) is 2.41. The molecule has 1 fully saturated rings. The third-order valence-corrected chi connectivity index (χ3v) is 3.24. The summed E-state index contributed by atoms with van der Waals surface area (Å²) in [6.45, 7) is 6.75. The van der Waals surface area contributed by atoms with Crippen LogP contribution in [0, 0.1) is 19.8 Å². The third kappa shape index (κ3) is 1.52. The highest BCUT2D eigenvalue weighted by Crippen LogP contribution is 2.42. The third-order valence-electron chi connectivity index (χ3n) is 3.24. The van der Waals surface area contributed by atoms with Crippen LogP contribution in [0.25, 0.3) is 0 Å². The van der Waals surface area contributed by atoms with Crippen molar-refractivity contribution in [3.63, 3.8) is 0 Å². The van der Waals surface area contributed by atoms with E-state index < -0.39 is 0 Å². The highest BCUT2D eigenvalue weighted by molar-refractivity contribution is 5.16. The number of aromatic nitrogens is 1. The molecular weight excluding hydrogens is 158 g/mol. The first-order valence-corrected chi connectivity index (χ1v) is 5.38. The minimum Gasteiger partial charge on any atom is -0.346 e. The minimum absolute atomic E-state index is 0.773. The molecule has 72 valence electrons. The molecule has 0 N–H and O–H groups in total. The molecule has 1 unspecified atom stereocenters. The quantitative estimate of drug-likeness (QED) is 0.666. The van der Waals surface area contributed by atoms with Gasteiger partial charge in [0.1, 0.15) is 0 Å². The number of aryl methyl sites for hydroxylation is 2. The maximum absolute atomic E-state index is 2.53. The lowest BCUT2D eigenvalue weighted by atomic mass is 10.1. The van der Waals surface area contributed by atoms with Gasteiger partial charge in [0.05, 0.1) is 0 Å². The molecule has 0 saturated heterocycles. The van der Waals surface area contributed by atoms with E-state index in [4.69, 9.17) is 0 Å². The average molecular weight is 177 g/mol. The van der Waals surface area contributed by atoms with Gasteiger partial charge in [0, 0.05) is 17.4 Å². The Balaban J connectivity index is 2.30. The van der Waals surface area contributed by atoms with Crippen molar-refractivity contribution in [3.8, 4) is 0 Å². The second-order valence-corrected chi connectivity index (χ2v) is 4.30. The van der Waals surface area contributed by atoms with Gasteiger partial charge in [-0.25, -0.2) is 0 Å². The molecule has 0 radical (unpaired) electrons. The van der Waals surface area contributed by atoms with Crippen molar-refractivity contribution in [2.45, 2.75) is 46.1 Å². The molecule has 2 rings (SSSR count). The van der Waals surface area contributed by atoms with Gasteiger partial charge >= 0.3 is 0 Å². The Morgan fingerprint density at radius 2 is 1.85 bits per heavy atom. The van der Waals surface area contributed by atoms with E-state index in [0.717, 1.165) is 12.0 Å². The first-order chi connectivity index (χ1) is 6.24. The molecule has 13 heavy (non-hydrogen) atoms. The van der Waals surface area contributed by atoms with E-state index in [-0.39, 0.29) is 0 Å². The first-order valence-electron chi connectivity index (χ1n) is 5.38. The molecule has 1 aromatic heterocycles. The number of rotatable bonds is 3. The second kappa shape index (κ2) is 3.21. The maximum atomic E-state index is 2.53. The summed E-state index contributed by atoms with van der Waals surface area (Å²) in [5.74, 6) is 0.967. The predicted octanol–water partition coefficient (Wildman–Crippen LogP) is 3.47. The summed E-state index contributed by atoms with van der Waals surface area (Å²) in [4.78, 5) is 0. The molecule has 1 heteroatoms. The standard InChI is InChI=1S/C12H19N/c1-4-12(11-7-8-11)13-9(2)5-6-10(13)3/h5-6,11-12H,4,7-8H2,1-3H3. The van der Waals surface area contributed by atoms with Crippen LogP contribution in [0.5, 0.6) is 0 Å². The Kier molecular flexibility index (Phi) is 2.19. The van der Waals surface area contributed by atoms with Crippen molar-refractivity contribution in [1.29, 1.82) is 0 Å². The normalized spacial score (nSPS) is 19.0. The Bertz CT molecular complexity index is 275. The molecule has 0 spiro atoms. The lowest BCUT2D eigenvalue weighted by Crippen LogP contribution is -2.12. The van der Waals surface area contributed by atoms with Gasteiger partial charge in [-0.05, 0) is 51.2 Å². The van der Waals surface area contributed by atoms with Crippen LogP contribution in [-0.4, -0.2) is 4.57 Å². The molecule has 1 aliphatic rings. The second-order valence-electron chi connectivity index (χ2n) is 4.30. The molecule has 1 atom stereocenters. The predicted molar refractivity (Wildman–Crippen MR) is 56.0 cm³/mol. The average Bonchev–Trinajstić information content (AvgIpc) is 2.88. The maximum Gasteiger partial charge on any atom is 0.0361 e. The van der Waals surface area contributed by atoms with Crippen LogP contribution < -0.4 is 0 Å². The van der Waals surface area contributed by atoms with Gasteiger partial charge < -0.3 is 4.57 Å². The molecule has 1 heterocycles. The summed E-state index contributed by atoms with van der Waals surface area (Å²) in [7, 11) is 0. The Morgan fingerprint density at radius 1 is 1.31 bits per heavy atom. The zero-order chi connectivity index (χ0) is 9.42. The highest BCUT2D eigenvalue weighted by Gasteiger charge is 2.31. The van der Waals surface area contributed by atoms with Gasteiger partial charge in [0.15, 0.2) is 0 Å². The van der Waals surface area contributed by atoms with Crippen LogP contribution in [0.1, 0.15) is 43.6 Å². The van der Waals surface area contributed by atoms with Gasteiger partial charge in [0.25, 0.3) is 0 Å². The number of hydrogen-bond donors (Lipinski definition) is 0. The smallest absolute Gasteiger partial charge is 0.0361 e. The largest absolute Gasteiger partial charge is 0.346 e. The van der Waals surface area contributed by atoms with Crippen LogP contribution >= 0.6 is 0 Å². The summed E-state index contributed by atoms with van der Waals surface area (Å²) in [5, 5.41) is 0. The molecule has 0 aromatic carbocycles. The minimum atomic E-state index is 0.773. The van der Waals surface area contributed by atoms with Gasteiger partial charge in [0.2, 0.25) is 0 Å². The van der Waals surface area contributed by atoms with Crippen molar-refractivity contribution in [2.75, 3.05) is 0 Å². The van der Waals surface area contributed by atoms with Crippen LogP contribution in [0.15, 0.2) is 12.1 Å². The Morgan fingerprint density at radius 3 is 2.23 bits per heavy atom. The van der Waals surface area contributed by atoms with Crippen LogP contribution in [-0.2, 0) is 0 Å². The number of nitrogens with zero attached hydrogens (tertiary/aromatic N) is 1. The summed E-state index contributed by atoms with van der Waals surface area (Å²) in [6, 6.07) is 5.25. The summed E-state index contributed by atoms with van der Waals surface area (Å²) < 4.78 is 2.53. The molecule has 0 bridgehead atoms. The summed E-state index contributed by atoms with van der Waals surface area (Å²) in [6.07, 6.45) is 4.16. The van der Waals surface area contributed by atoms with E-state index >= 15 is 0 Å². The number of hydrogen-bond acceptors (Lipinski definition) is 0. The first kappa shape index (κ1) is 8.86. The van der Waals surface area contributed by atoms with Crippen molar-refractivity contribution in [1.82, 2.24) is 4.57 Å². The molecule has 0 aliphatic heterocycles. The van der Waals surface area contributed by atoms with E-state index in [2.05, 4.69) is 37.5 Å². The van der Waals surface area contributed by atoms with E-state index in [1.165, 1.54) is 30.7 Å². The lowest BCUT2D eigenvalue weighted by molar-refractivity contribution is 0.419. The topological polar surface area (TPSA) is 4.93 Å². The van der Waals surface area contributed by atoms with E-state index in [9.17, 15) is 0 Å². The Hall–Kier alpha value is -0.720. The molecule has 1 nitrogen and oxygen atoms in total. The van der Waals surface area contributed by atoms with Crippen molar-refractivity contribution < 1.29 is 0 Å². The lowest BCUT2D eigenvalue weighted by Gasteiger charge is -2.20. The van der Waals surface area contributed by atoms with Crippen molar-refractivity contribution >= 4 is 0 Å².